The molecule has 2 aromatic carbocycles. The summed E-state index contributed by atoms with van der Waals surface area (Å²) < 4.78 is 0. The molecule has 2 aromatic rings. The average Bonchev–Trinajstić information content (AvgIpc) is 2.71. The number of piperazine rings is 1. The highest BCUT2D eigenvalue weighted by molar-refractivity contribution is 5.97. The van der Waals surface area contributed by atoms with Crippen molar-refractivity contribution in [3.05, 3.63) is 76.5 Å². The molecule has 1 saturated heterocycles. The molecule has 1 aliphatic heterocycles. The summed E-state index contributed by atoms with van der Waals surface area (Å²) in [6, 6.07) is 16.6. The van der Waals surface area contributed by atoms with Gasteiger partial charge < -0.3 is 10.2 Å². The van der Waals surface area contributed by atoms with Gasteiger partial charge in [-0.05, 0) is 37.5 Å². The lowest BCUT2D eigenvalue weighted by Gasteiger charge is -2.34. The summed E-state index contributed by atoms with van der Waals surface area (Å²) >= 11 is 0. The summed E-state index contributed by atoms with van der Waals surface area (Å²) in [4.78, 5) is 16.9. The van der Waals surface area contributed by atoms with E-state index in [0.29, 0.717) is 13.1 Å². The van der Waals surface area contributed by atoms with Gasteiger partial charge in [0.05, 0.1) is 0 Å². The minimum absolute atomic E-state index is 0.140. The van der Waals surface area contributed by atoms with E-state index in [0.717, 1.165) is 36.4 Å². The van der Waals surface area contributed by atoms with Crippen LogP contribution >= 0.6 is 0 Å². The Morgan fingerprint density at radius 2 is 1.69 bits per heavy atom. The lowest BCUT2D eigenvalue weighted by Crippen LogP contribution is -2.48. The number of hydrogen-bond donors (Lipinski definition) is 1. The molecule has 5 heteroatoms. The summed E-state index contributed by atoms with van der Waals surface area (Å²) in [5.41, 5.74) is 5.75. The maximum Gasteiger partial charge on any atom is 0.266 e. The highest BCUT2D eigenvalue weighted by Gasteiger charge is 2.23. The zero-order chi connectivity index (χ0) is 20.8. The van der Waals surface area contributed by atoms with E-state index in [1.54, 1.807) is 11.1 Å². The molecule has 1 N–H and O–H groups in total. The molecule has 0 aliphatic carbocycles. The molecular weight excluding hydrogens is 360 g/mol. The minimum atomic E-state index is -0.207. The van der Waals surface area contributed by atoms with Crippen molar-refractivity contribution in [1.29, 1.82) is 5.26 Å². The minimum Gasteiger partial charge on any atom is -0.360 e. The molecule has 0 radical (unpaired) electrons. The SMILES string of the molecule is Cc1cc(C)c(N/C=C(/C#N)C(=O)N2CCN(Cc3ccccc3)CC2)c(C)c1. The van der Waals surface area contributed by atoms with Gasteiger partial charge >= 0.3 is 0 Å². The Balaban J connectivity index is 1.60. The molecular formula is C24H28N4O. The number of rotatable bonds is 5. The topological polar surface area (TPSA) is 59.4 Å². The Kier molecular flexibility index (Phi) is 6.69. The van der Waals surface area contributed by atoms with Gasteiger partial charge in [0.2, 0.25) is 0 Å². The number of amides is 1. The number of carbonyl (C=O) groups is 1. The van der Waals surface area contributed by atoms with Gasteiger partial charge in [-0.25, -0.2) is 0 Å². The van der Waals surface area contributed by atoms with E-state index in [9.17, 15) is 10.1 Å². The fourth-order valence-electron chi connectivity index (χ4n) is 3.81. The van der Waals surface area contributed by atoms with Crippen molar-refractivity contribution >= 4 is 11.6 Å². The molecule has 29 heavy (non-hydrogen) atoms. The first kappa shape index (κ1) is 20.6. The van der Waals surface area contributed by atoms with Crippen molar-refractivity contribution in [2.24, 2.45) is 0 Å². The number of nitrogens with zero attached hydrogens (tertiary/aromatic N) is 3. The van der Waals surface area contributed by atoms with E-state index >= 15 is 0 Å². The Bertz CT molecular complexity index is 912. The molecule has 0 unspecified atom stereocenters. The predicted molar refractivity (Wildman–Crippen MR) is 116 cm³/mol. The number of aryl methyl sites for hydroxylation is 3. The maximum absolute atomic E-state index is 12.8. The molecule has 1 heterocycles. The van der Waals surface area contributed by atoms with Crippen LogP contribution in [-0.4, -0.2) is 41.9 Å². The largest absolute Gasteiger partial charge is 0.360 e. The molecule has 1 aliphatic rings. The van der Waals surface area contributed by atoms with Crippen molar-refractivity contribution in [2.75, 3.05) is 31.5 Å². The standard InChI is InChI=1S/C24H28N4O/c1-18-13-19(2)23(20(3)14-18)26-16-22(15-25)24(29)28-11-9-27(10-12-28)17-21-7-5-4-6-8-21/h4-8,13-14,16,26H,9-12,17H2,1-3H3/b22-16-. The van der Waals surface area contributed by atoms with Crippen LogP contribution < -0.4 is 5.32 Å². The number of nitrogens with one attached hydrogen (secondary N) is 1. The fraction of sp³-hybridized carbons (Fsp3) is 0.333. The number of benzene rings is 2. The van der Waals surface area contributed by atoms with Crippen molar-refractivity contribution in [3.8, 4) is 6.07 Å². The summed E-state index contributed by atoms with van der Waals surface area (Å²) in [5.74, 6) is -0.207. The van der Waals surface area contributed by atoms with Crippen molar-refractivity contribution in [1.82, 2.24) is 9.80 Å². The van der Waals surface area contributed by atoms with Crippen molar-refractivity contribution in [3.63, 3.8) is 0 Å². The van der Waals surface area contributed by atoms with Crippen LogP contribution in [0.4, 0.5) is 5.69 Å². The number of hydrogen-bond acceptors (Lipinski definition) is 4. The van der Waals surface area contributed by atoms with Gasteiger partial charge in [0.1, 0.15) is 11.6 Å². The van der Waals surface area contributed by atoms with Gasteiger partial charge in [0.25, 0.3) is 5.91 Å². The van der Waals surface area contributed by atoms with Crippen molar-refractivity contribution < 1.29 is 4.79 Å². The summed E-state index contributed by atoms with van der Waals surface area (Å²) in [7, 11) is 0. The van der Waals surface area contributed by atoms with Gasteiger partial charge in [0, 0.05) is 44.6 Å². The second kappa shape index (κ2) is 9.40. The van der Waals surface area contributed by atoms with E-state index in [1.165, 1.54) is 11.1 Å². The highest BCUT2D eigenvalue weighted by Crippen LogP contribution is 2.22. The van der Waals surface area contributed by atoms with Crippen LogP contribution in [-0.2, 0) is 11.3 Å². The summed E-state index contributed by atoms with van der Waals surface area (Å²) in [5, 5.41) is 12.7. The third kappa shape index (κ3) is 5.24. The lowest BCUT2D eigenvalue weighted by molar-refractivity contribution is -0.128. The molecule has 1 amide bonds. The molecule has 0 atom stereocenters. The van der Waals surface area contributed by atoms with Gasteiger partial charge in [-0.3, -0.25) is 9.69 Å². The zero-order valence-corrected chi connectivity index (χ0v) is 17.4. The molecule has 1 fully saturated rings. The highest BCUT2D eigenvalue weighted by atomic mass is 16.2. The van der Waals surface area contributed by atoms with Crippen LogP contribution in [0.5, 0.6) is 0 Å². The maximum atomic E-state index is 12.8. The number of carbonyl (C=O) groups excluding carboxylic acids is 1. The monoisotopic (exact) mass is 388 g/mol. The van der Waals surface area contributed by atoms with Crippen LogP contribution in [0.25, 0.3) is 0 Å². The van der Waals surface area contributed by atoms with Crippen LogP contribution in [0.1, 0.15) is 22.3 Å². The Morgan fingerprint density at radius 3 is 2.28 bits per heavy atom. The first-order valence-electron chi connectivity index (χ1n) is 9.98. The zero-order valence-electron chi connectivity index (χ0n) is 17.4. The quantitative estimate of drug-likeness (QED) is 0.626. The number of nitriles is 1. The second-order valence-electron chi connectivity index (χ2n) is 7.64. The van der Waals surface area contributed by atoms with E-state index in [-0.39, 0.29) is 11.5 Å². The lowest BCUT2D eigenvalue weighted by atomic mass is 10.1. The van der Waals surface area contributed by atoms with Crippen LogP contribution in [0, 0.1) is 32.1 Å². The smallest absolute Gasteiger partial charge is 0.266 e. The molecule has 150 valence electrons. The Morgan fingerprint density at radius 1 is 1.07 bits per heavy atom. The molecule has 0 spiro atoms. The van der Waals surface area contributed by atoms with E-state index in [4.69, 9.17) is 0 Å². The van der Waals surface area contributed by atoms with Gasteiger partial charge in [-0.15, -0.1) is 0 Å². The average molecular weight is 389 g/mol. The van der Waals surface area contributed by atoms with Gasteiger partial charge in [-0.2, -0.15) is 5.26 Å². The first-order chi connectivity index (χ1) is 14.0. The fourth-order valence-corrected chi connectivity index (χ4v) is 3.81. The summed E-state index contributed by atoms with van der Waals surface area (Å²) in [6.07, 6.45) is 1.54. The van der Waals surface area contributed by atoms with Crippen molar-refractivity contribution in [2.45, 2.75) is 27.3 Å². The van der Waals surface area contributed by atoms with Crippen LogP contribution in [0.2, 0.25) is 0 Å². The summed E-state index contributed by atoms with van der Waals surface area (Å²) in [6.45, 7) is 9.87. The van der Waals surface area contributed by atoms with E-state index in [1.807, 2.05) is 32.0 Å². The predicted octanol–water partition coefficient (Wildman–Crippen LogP) is 3.78. The third-order valence-corrected chi connectivity index (χ3v) is 5.30. The van der Waals surface area contributed by atoms with Gasteiger partial charge in [0.15, 0.2) is 0 Å². The molecule has 0 saturated carbocycles. The number of anilines is 1. The molecule has 5 nitrogen and oxygen atoms in total. The van der Waals surface area contributed by atoms with Crippen LogP contribution in [0.3, 0.4) is 0 Å². The third-order valence-electron chi connectivity index (χ3n) is 5.30. The first-order valence-corrected chi connectivity index (χ1v) is 9.98. The molecule has 0 aromatic heterocycles. The van der Waals surface area contributed by atoms with E-state index in [2.05, 4.69) is 47.5 Å². The second-order valence-corrected chi connectivity index (χ2v) is 7.64. The molecule has 0 bridgehead atoms. The van der Waals surface area contributed by atoms with E-state index < -0.39 is 0 Å². The Labute approximate surface area is 173 Å². The van der Waals surface area contributed by atoms with Crippen LogP contribution in [0.15, 0.2) is 54.2 Å². The molecule has 3 rings (SSSR count). The van der Waals surface area contributed by atoms with Gasteiger partial charge in [-0.1, -0.05) is 48.0 Å². The normalized spacial score (nSPS) is 15.1. The Hall–Kier alpha value is -3.10.